The molecule has 0 saturated heterocycles. The molecule has 25 heavy (non-hydrogen) atoms. The zero-order valence-electron chi connectivity index (χ0n) is 13.9. The van der Waals surface area contributed by atoms with Crippen molar-refractivity contribution in [2.45, 2.75) is 13.0 Å². The first-order valence-electron chi connectivity index (χ1n) is 7.75. The summed E-state index contributed by atoms with van der Waals surface area (Å²) in [6.07, 6.45) is 4.80. The minimum atomic E-state index is -0.258. The average Bonchev–Trinajstić information content (AvgIpc) is 2.63. The number of hydrogen-bond acceptors (Lipinski definition) is 6. The number of nitrogens with zero attached hydrogens (tertiary/aromatic N) is 3. The monoisotopic (exact) mass is 339 g/mol. The van der Waals surface area contributed by atoms with Crippen LogP contribution in [0.15, 0.2) is 55.0 Å². The highest BCUT2D eigenvalue weighted by Gasteiger charge is 2.09. The summed E-state index contributed by atoms with van der Waals surface area (Å²) in [6.45, 7) is 1.98. The summed E-state index contributed by atoms with van der Waals surface area (Å²) in [5.41, 5.74) is 0.953. The van der Waals surface area contributed by atoms with Gasteiger partial charge in [0.2, 0.25) is 0 Å². The fourth-order valence-electron chi connectivity index (χ4n) is 2.31. The summed E-state index contributed by atoms with van der Waals surface area (Å²) in [6, 6.07) is 9.87. The average molecular weight is 339 g/mol. The molecule has 2 N–H and O–H groups in total. The molecule has 0 bridgehead atoms. The van der Waals surface area contributed by atoms with E-state index in [-0.39, 0.29) is 11.9 Å². The van der Waals surface area contributed by atoms with Crippen molar-refractivity contribution in [1.82, 2.24) is 15.0 Å². The summed E-state index contributed by atoms with van der Waals surface area (Å²) in [5, 5.41) is 6.37. The summed E-state index contributed by atoms with van der Waals surface area (Å²) in [4.78, 5) is 12.7. The van der Waals surface area contributed by atoms with Crippen LogP contribution in [0.5, 0.6) is 5.75 Å². The SMILES string of the molecule is COc1cc(Nc2cnccn2)nc(N[C@@H](C)c2ccc(F)cc2)c1. The minimum Gasteiger partial charge on any atom is -0.496 e. The van der Waals surface area contributed by atoms with E-state index >= 15 is 0 Å². The first kappa shape index (κ1) is 16.6. The van der Waals surface area contributed by atoms with Crippen LogP contribution < -0.4 is 15.4 Å². The lowest BCUT2D eigenvalue weighted by molar-refractivity contribution is 0.414. The fraction of sp³-hybridized carbons (Fsp3) is 0.167. The molecule has 0 spiro atoms. The van der Waals surface area contributed by atoms with E-state index in [2.05, 4.69) is 25.6 Å². The third-order valence-corrected chi connectivity index (χ3v) is 3.59. The van der Waals surface area contributed by atoms with Crippen molar-refractivity contribution in [1.29, 1.82) is 0 Å². The Balaban J connectivity index is 1.80. The molecule has 2 aromatic heterocycles. The zero-order valence-corrected chi connectivity index (χ0v) is 13.9. The van der Waals surface area contributed by atoms with Gasteiger partial charge in [-0.3, -0.25) is 4.98 Å². The Hall–Kier alpha value is -3.22. The lowest BCUT2D eigenvalue weighted by atomic mass is 10.1. The van der Waals surface area contributed by atoms with Gasteiger partial charge in [0.25, 0.3) is 0 Å². The van der Waals surface area contributed by atoms with Crippen LogP contribution in [-0.4, -0.2) is 22.1 Å². The van der Waals surface area contributed by atoms with E-state index in [4.69, 9.17) is 4.74 Å². The van der Waals surface area contributed by atoms with E-state index in [0.29, 0.717) is 23.2 Å². The predicted molar refractivity (Wildman–Crippen MR) is 94.5 cm³/mol. The molecule has 1 aromatic carbocycles. The molecule has 7 heteroatoms. The maximum atomic E-state index is 13.1. The van der Waals surface area contributed by atoms with E-state index in [1.807, 2.05) is 6.92 Å². The van der Waals surface area contributed by atoms with Crippen molar-refractivity contribution in [2.75, 3.05) is 17.7 Å². The summed E-state index contributed by atoms with van der Waals surface area (Å²) >= 11 is 0. The van der Waals surface area contributed by atoms with Crippen molar-refractivity contribution >= 4 is 17.5 Å². The Morgan fingerprint density at radius 3 is 2.48 bits per heavy atom. The molecule has 3 rings (SSSR count). The molecule has 0 aliphatic carbocycles. The summed E-state index contributed by atoms with van der Waals surface area (Å²) in [7, 11) is 1.59. The first-order valence-corrected chi connectivity index (χ1v) is 7.75. The van der Waals surface area contributed by atoms with E-state index < -0.39 is 0 Å². The number of methoxy groups -OCH3 is 1. The van der Waals surface area contributed by atoms with Crippen molar-refractivity contribution in [3.05, 3.63) is 66.4 Å². The fourth-order valence-corrected chi connectivity index (χ4v) is 2.31. The van der Waals surface area contributed by atoms with E-state index in [0.717, 1.165) is 5.56 Å². The Labute approximate surface area is 145 Å². The quantitative estimate of drug-likeness (QED) is 0.709. The molecule has 0 saturated carbocycles. The number of hydrogen-bond donors (Lipinski definition) is 2. The van der Waals surface area contributed by atoms with E-state index in [9.17, 15) is 4.39 Å². The number of anilines is 3. The van der Waals surface area contributed by atoms with Gasteiger partial charge in [-0.15, -0.1) is 0 Å². The molecule has 128 valence electrons. The first-order chi connectivity index (χ1) is 12.1. The molecule has 0 aliphatic heterocycles. The van der Waals surface area contributed by atoms with E-state index in [1.165, 1.54) is 12.1 Å². The second kappa shape index (κ2) is 7.57. The maximum Gasteiger partial charge on any atom is 0.150 e. The minimum absolute atomic E-state index is 0.0513. The summed E-state index contributed by atoms with van der Waals surface area (Å²) in [5.74, 6) is 2.18. The molecule has 2 heterocycles. The van der Waals surface area contributed by atoms with Crippen molar-refractivity contribution < 1.29 is 9.13 Å². The maximum absolute atomic E-state index is 13.1. The highest BCUT2D eigenvalue weighted by atomic mass is 19.1. The lowest BCUT2D eigenvalue weighted by Gasteiger charge is -2.17. The van der Waals surface area contributed by atoms with Gasteiger partial charge in [-0.05, 0) is 24.6 Å². The van der Waals surface area contributed by atoms with Crippen LogP contribution in [0.4, 0.5) is 21.8 Å². The molecule has 0 fully saturated rings. The number of aromatic nitrogens is 3. The van der Waals surface area contributed by atoms with Gasteiger partial charge in [-0.1, -0.05) is 12.1 Å². The van der Waals surface area contributed by atoms with Crippen LogP contribution in [0.1, 0.15) is 18.5 Å². The Morgan fingerprint density at radius 2 is 1.80 bits per heavy atom. The Bertz CT molecular complexity index is 827. The largest absolute Gasteiger partial charge is 0.496 e. The molecule has 0 aliphatic rings. The number of rotatable bonds is 6. The van der Waals surface area contributed by atoms with Crippen LogP contribution in [0.25, 0.3) is 0 Å². The van der Waals surface area contributed by atoms with Gasteiger partial charge in [-0.2, -0.15) is 0 Å². The van der Waals surface area contributed by atoms with Gasteiger partial charge >= 0.3 is 0 Å². The number of nitrogens with one attached hydrogen (secondary N) is 2. The van der Waals surface area contributed by atoms with Crippen LogP contribution in [0, 0.1) is 5.82 Å². The zero-order chi connectivity index (χ0) is 17.6. The van der Waals surface area contributed by atoms with Gasteiger partial charge in [0.05, 0.1) is 13.3 Å². The molecule has 0 unspecified atom stereocenters. The smallest absolute Gasteiger partial charge is 0.150 e. The Kier molecular flexibility index (Phi) is 5.03. The second-order valence-corrected chi connectivity index (χ2v) is 5.41. The van der Waals surface area contributed by atoms with Gasteiger partial charge in [0.15, 0.2) is 0 Å². The highest BCUT2D eigenvalue weighted by Crippen LogP contribution is 2.25. The van der Waals surface area contributed by atoms with Crippen molar-refractivity contribution in [3.8, 4) is 5.75 Å². The molecule has 1 atom stereocenters. The standard InChI is InChI=1S/C18H18FN5O/c1-12(13-3-5-14(19)6-4-13)22-16-9-15(25-2)10-17(23-16)24-18-11-20-7-8-21-18/h3-12H,1-2H3,(H2,21,22,23,24)/t12-/m0/s1. The molecule has 0 radical (unpaired) electrons. The van der Waals surface area contributed by atoms with Crippen LogP contribution >= 0.6 is 0 Å². The van der Waals surface area contributed by atoms with Crippen LogP contribution in [0.3, 0.4) is 0 Å². The number of pyridine rings is 1. The number of ether oxygens (including phenoxy) is 1. The van der Waals surface area contributed by atoms with Gasteiger partial charge in [0, 0.05) is 30.6 Å². The predicted octanol–water partition coefficient (Wildman–Crippen LogP) is 3.94. The third-order valence-electron chi connectivity index (χ3n) is 3.59. The van der Waals surface area contributed by atoms with Crippen LogP contribution in [0.2, 0.25) is 0 Å². The molecule has 3 aromatic rings. The van der Waals surface area contributed by atoms with Gasteiger partial charge in [-0.25, -0.2) is 14.4 Å². The van der Waals surface area contributed by atoms with Crippen LogP contribution in [-0.2, 0) is 0 Å². The molecule has 6 nitrogen and oxygen atoms in total. The lowest BCUT2D eigenvalue weighted by Crippen LogP contribution is -2.09. The van der Waals surface area contributed by atoms with Crippen molar-refractivity contribution in [3.63, 3.8) is 0 Å². The summed E-state index contributed by atoms with van der Waals surface area (Å²) < 4.78 is 18.4. The second-order valence-electron chi connectivity index (χ2n) is 5.41. The Morgan fingerprint density at radius 1 is 1.04 bits per heavy atom. The topological polar surface area (TPSA) is 72.0 Å². The van der Waals surface area contributed by atoms with Crippen molar-refractivity contribution in [2.24, 2.45) is 0 Å². The molecule has 0 amide bonds. The highest BCUT2D eigenvalue weighted by molar-refractivity contribution is 5.58. The number of halogens is 1. The van der Waals surface area contributed by atoms with Gasteiger partial charge in [0.1, 0.15) is 29.0 Å². The molecular weight excluding hydrogens is 321 g/mol. The third kappa shape index (κ3) is 4.41. The van der Waals surface area contributed by atoms with Gasteiger partial charge < -0.3 is 15.4 Å². The normalized spacial score (nSPS) is 11.6. The van der Waals surface area contributed by atoms with E-state index in [1.54, 1.807) is 50.0 Å². The number of benzene rings is 1. The molecular formula is C18H18FN5O.